The zero-order valence-corrected chi connectivity index (χ0v) is 6.83. The van der Waals surface area contributed by atoms with Crippen LogP contribution < -0.4 is 10.6 Å². The molecule has 1 N–H and O–H groups in total. The molecule has 0 spiro atoms. The van der Waals surface area contributed by atoms with Gasteiger partial charge >= 0.3 is 5.97 Å². The quantitative estimate of drug-likeness (QED) is 0.675. The van der Waals surface area contributed by atoms with Gasteiger partial charge in [-0.15, -0.1) is 0 Å². The summed E-state index contributed by atoms with van der Waals surface area (Å²) in [5.41, 5.74) is 0.0356. The van der Waals surface area contributed by atoms with Crippen LogP contribution in [0.1, 0.15) is 23.2 Å². The molecular weight excluding hydrogens is 173 g/mol. The lowest BCUT2D eigenvalue weighted by molar-refractivity contribution is 0.0695. The van der Waals surface area contributed by atoms with Crippen molar-refractivity contribution in [2.75, 3.05) is 0 Å². The number of hydrogen-bond acceptors (Lipinski definition) is 1. The minimum atomic E-state index is -1.08. The molecule has 1 aliphatic rings. The number of fused-ring (bicyclic) bond motifs is 1. The molecule has 4 heteroatoms. The molecule has 68 valence electrons. The topological polar surface area (TPSA) is 42.2 Å². The van der Waals surface area contributed by atoms with Gasteiger partial charge in [0, 0.05) is 5.22 Å². The van der Waals surface area contributed by atoms with Gasteiger partial charge in [0.25, 0.3) is 0 Å². The van der Waals surface area contributed by atoms with Crippen LogP contribution in [0.2, 0.25) is 0 Å². The molecule has 1 aromatic rings. The Hall–Kier alpha value is -1.58. The lowest BCUT2D eigenvalue weighted by Crippen LogP contribution is -2.30. The van der Waals surface area contributed by atoms with E-state index in [4.69, 9.17) is 5.11 Å². The third-order valence-corrected chi connectivity index (χ3v) is 2.12. The summed E-state index contributed by atoms with van der Waals surface area (Å²) < 4.78 is 13.1. The zero-order valence-electron chi connectivity index (χ0n) is 6.83. The zero-order chi connectivity index (χ0) is 9.42. The predicted octanol–water partition coefficient (Wildman–Crippen LogP) is 0.274. The normalized spacial score (nSPS) is 14.2. The minimum absolute atomic E-state index is 0.0356. The van der Waals surface area contributed by atoms with Crippen molar-refractivity contribution >= 4 is 18.1 Å². The maximum atomic E-state index is 13.1. The summed E-state index contributed by atoms with van der Waals surface area (Å²) in [4.78, 5) is 11.0. The number of rotatable bonds is 1. The molecule has 3 nitrogen and oxygen atoms in total. The third-order valence-electron chi connectivity index (χ3n) is 2.12. The van der Waals surface area contributed by atoms with Crippen LogP contribution in [-0.4, -0.2) is 15.9 Å². The van der Waals surface area contributed by atoms with Gasteiger partial charge in [0.15, 0.2) is 0 Å². The minimum Gasteiger partial charge on any atom is -0.478 e. The number of carboxylic acid groups (broad SMARTS) is 1. The van der Waals surface area contributed by atoms with E-state index >= 15 is 0 Å². The Balaban J connectivity index is 2.84. The SMILES string of the molecule is O=C(O)c1cn(F)c2c1=CCCC=2. The Morgan fingerprint density at radius 1 is 1.46 bits per heavy atom. The molecule has 0 amide bonds. The largest absolute Gasteiger partial charge is 0.478 e. The van der Waals surface area contributed by atoms with Gasteiger partial charge in [-0.1, -0.05) is 16.6 Å². The van der Waals surface area contributed by atoms with Crippen LogP contribution in [0.25, 0.3) is 12.2 Å². The van der Waals surface area contributed by atoms with E-state index in [1.54, 1.807) is 12.2 Å². The summed E-state index contributed by atoms with van der Waals surface area (Å²) in [7, 11) is 0. The molecule has 13 heavy (non-hydrogen) atoms. The smallest absolute Gasteiger partial charge is 0.337 e. The molecule has 0 saturated carbocycles. The van der Waals surface area contributed by atoms with Crippen molar-refractivity contribution in [2.45, 2.75) is 12.8 Å². The summed E-state index contributed by atoms with van der Waals surface area (Å²) in [6.45, 7) is 0. The molecular formula is C9H8FNO2. The fraction of sp³-hybridized carbons (Fsp3) is 0.222. The first kappa shape index (κ1) is 8.04. The molecule has 0 aliphatic heterocycles. The molecule has 0 saturated heterocycles. The maximum absolute atomic E-state index is 13.1. The second-order valence-corrected chi connectivity index (χ2v) is 2.94. The fourth-order valence-corrected chi connectivity index (χ4v) is 1.54. The van der Waals surface area contributed by atoms with Gasteiger partial charge in [0.1, 0.15) is 0 Å². The average Bonchev–Trinajstić information content (AvgIpc) is 2.45. The van der Waals surface area contributed by atoms with E-state index < -0.39 is 5.97 Å². The van der Waals surface area contributed by atoms with Crippen LogP contribution in [0, 0.1) is 0 Å². The standard InChI is InChI=1S/C9H8FNO2/c10-11-5-7(9(12)13)6-3-1-2-4-8(6)11/h3-5H,1-2H2,(H,12,13). The van der Waals surface area contributed by atoms with Gasteiger partial charge < -0.3 is 5.11 Å². The fourth-order valence-electron chi connectivity index (χ4n) is 1.54. The number of nitrogens with zero attached hydrogens (tertiary/aromatic N) is 1. The van der Waals surface area contributed by atoms with Gasteiger partial charge in [0.05, 0.1) is 17.1 Å². The lowest BCUT2D eigenvalue weighted by atomic mass is 10.1. The van der Waals surface area contributed by atoms with Crippen LogP contribution in [0.5, 0.6) is 0 Å². The van der Waals surface area contributed by atoms with E-state index in [1.165, 1.54) is 0 Å². The summed E-state index contributed by atoms with van der Waals surface area (Å²) in [5.74, 6) is -1.08. The Bertz CT molecular complexity index is 473. The Kier molecular flexibility index (Phi) is 1.69. The molecule has 2 rings (SSSR count). The molecule has 0 bridgehead atoms. The first-order valence-corrected chi connectivity index (χ1v) is 4.01. The van der Waals surface area contributed by atoms with Crippen LogP contribution in [0.3, 0.4) is 0 Å². The highest BCUT2D eigenvalue weighted by Gasteiger charge is 2.12. The molecule has 1 aromatic heterocycles. The van der Waals surface area contributed by atoms with Crippen molar-refractivity contribution < 1.29 is 14.4 Å². The van der Waals surface area contributed by atoms with Crippen molar-refractivity contribution in [1.82, 2.24) is 4.79 Å². The van der Waals surface area contributed by atoms with Crippen molar-refractivity contribution in [3.63, 3.8) is 0 Å². The van der Waals surface area contributed by atoms with Crippen molar-refractivity contribution in [3.8, 4) is 0 Å². The monoisotopic (exact) mass is 181 g/mol. The molecule has 0 unspecified atom stereocenters. The highest BCUT2D eigenvalue weighted by molar-refractivity contribution is 5.88. The number of carboxylic acids is 1. The predicted molar refractivity (Wildman–Crippen MR) is 45.3 cm³/mol. The van der Waals surface area contributed by atoms with E-state index in [2.05, 4.69) is 0 Å². The van der Waals surface area contributed by atoms with Gasteiger partial charge in [-0.25, -0.2) is 4.79 Å². The highest BCUT2D eigenvalue weighted by Crippen LogP contribution is 1.99. The number of aromatic carboxylic acids is 1. The number of halogens is 1. The number of aromatic nitrogens is 1. The first-order valence-electron chi connectivity index (χ1n) is 4.01. The van der Waals surface area contributed by atoms with Crippen molar-refractivity contribution in [1.29, 1.82) is 0 Å². The Morgan fingerprint density at radius 3 is 2.85 bits per heavy atom. The van der Waals surface area contributed by atoms with E-state index in [0.29, 0.717) is 15.4 Å². The second-order valence-electron chi connectivity index (χ2n) is 2.94. The number of carbonyl (C=O) groups is 1. The number of hydrogen-bond donors (Lipinski definition) is 1. The second kappa shape index (κ2) is 2.73. The molecule has 1 heterocycles. The van der Waals surface area contributed by atoms with Crippen molar-refractivity contribution in [2.24, 2.45) is 0 Å². The lowest BCUT2D eigenvalue weighted by Gasteiger charge is -1.94. The Labute approximate surface area is 73.3 Å². The van der Waals surface area contributed by atoms with Crippen LogP contribution in [-0.2, 0) is 0 Å². The van der Waals surface area contributed by atoms with Crippen molar-refractivity contribution in [3.05, 3.63) is 22.3 Å². The molecule has 0 atom stereocenters. The van der Waals surface area contributed by atoms with E-state index in [-0.39, 0.29) is 5.56 Å². The van der Waals surface area contributed by atoms with E-state index in [1.807, 2.05) is 0 Å². The highest BCUT2D eigenvalue weighted by atomic mass is 19.2. The van der Waals surface area contributed by atoms with Gasteiger partial charge in [-0.2, -0.15) is 4.79 Å². The first-order chi connectivity index (χ1) is 6.20. The summed E-state index contributed by atoms with van der Waals surface area (Å²) in [6.07, 6.45) is 6.01. The maximum Gasteiger partial charge on any atom is 0.337 e. The summed E-state index contributed by atoms with van der Waals surface area (Å²) in [5, 5.41) is 9.61. The van der Waals surface area contributed by atoms with E-state index in [9.17, 15) is 9.28 Å². The van der Waals surface area contributed by atoms with Crippen LogP contribution in [0.15, 0.2) is 6.20 Å². The van der Waals surface area contributed by atoms with Gasteiger partial charge in [0.2, 0.25) is 0 Å². The molecule has 0 radical (unpaired) electrons. The Morgan fingerprint density at radius 2 is 2.15 bits per heavy atom. The summed E-state index contributed by atoms with van der Waals surface area (Å²) >= 11 is 0. The van der Waals surface area contributed by atoms with Gasteiger partial charge in [-0.3, -0.25) is 0 Å². The van der Waals surface area contributed by atoms with Gasteiger partial charge in [-0.05, 0) is 12.8 Å². The average molecular weight is 181 g/mol. The van der Waals surface area contributed by atoms with Crippen LogP contribution in [0.4, 0.5) is 4.48 Å². The molecule has 1 aliphatic carbocycles. The van der Waals surface area contributed by atoms with Crippen LogP contribution >= 0.6 is 0 Å². The van der Waals surface area contributed by atoms with E-state index in [0.717, 1.165) is 19.0 Å². The molecule has 0 aromatic carbocycles. The third kappa shape index (κ3) is 1.14. The summed E-state index contributed by atoms with van der Waals surface area (Å²) in [6, 6.07) is 0. The molecule has 0 fully saturated rings.